The first-order valence-electron chi connectivity index (χ1n) is 14.6. The third kappa shape index (κ3) is 7.62. The molecular formula is C29H47F2N5O2. The van der Waals surface area contributed by atoms with Crippen molar-refractivity contribution in [2.24, 2.45) is 11.8 Å². The van der Waals surface area contributed by atoms with Crippen molar-refractivity contribution >= 4 is 11.7 Å². The van der Waals surface area contributed by atoms with Crippen molar-refractivity contribution in [3.05, 3.63) is 17.6 Å². The Morgan fingerprint density at radius 1 is 1.08 bits per heavy atom. The average molecular weight is 536 g/mol. The van der Waals surface area contributed by atoms with Gasteiger partial charge in [-0.25, -0.2) is 18.7 Å². The van der Waals surface area contributed by atoms with Crippen molar-refractivity contribution in [2.45, 2.75) is 116 Å². The van der Waals surface area contributed by atoms with Gasteiger partial charge >= 0.3 is 0 Å². The van der Waals surface area contributed by atoms with Crippen LogP contribution in [0.3, 0.4) is 0 Å². The number of aliphatic hydroxyl groups excluding tert-OH is 1. The molecule has 38 heavy (non-hydrogen) atoms. The van der Waals surface area contributed by atoms with E-state index in [1.165, 1.54) is 6.07 Å². The molecule has 3 fully saturated rings. The molecule has 3 aliphatic rings. The normalized spacial score (nSPS) is 29.5. The summed E-state index contributed by atoms with van der Waals surface area (Å²) in [6.07, 6.45) is 5.80. The van der Waals surface area contributed by atoms with Gasteiger partial charge in [0, 0.05) is 49.1 Å². The Labute approximate surface area is 226 Å². The number of rotatable bonds is 7. The van der Waals surface area contributed by atoms with Crippen LogP contribution in [0.2, 0.25) is 0 Å². The molecule has 2 heterocycles. The van der Waals surface area contributed by atoms with Crippen LogP contribution in [-0.4, -0.2) is 70.2 Å². The van der Waals surface area contributed by atoms with E-state index in [4.69, 9.17) is 0 Å². The van der Waals surface area contributed by atoms with E-state index in [9.17, 15) is 18.7 Å². The molecule has 2 aliphatic carbocycles. The lowest BCUT2D eigenvalue weighted by molar-refractivity contribution is -0.127. The Hall–Kier alpha value is -1.87. The molecule has 7 nitrogen and oxygen atoms in total. The average Bonchev–Trinajstić information content (AvgIpc) is 2.88. The van der Waals surface area contributed by atoms with Crippen molar-refractivity contribution in [2.75, 3.05) is 31.1 Å². The van der Waals surface area contributed by atoms with Gasteiger partial charge in [0.15, 0.2) is 0 Å². The number of hydrogen-bond donors (Lipinski definition) is 2. The fourth-order valence-electron chi connectivity index (χ4n) is 6.24. The number of carbonyl (C=O) groups excluding carboxylic acids is 1. The molecule has 9 heteroatoms. The molecule has 1 aromatic heterocycles. The van der Waals surface area contributed by atoms with Crippen LogP contribution in [0.5, 0.6) is 0 Å². The van der Waals surface area contributed by atoms with E-state index in [0.29, 0.717) is 17.6 Å². The Kier molecular flexibility index (Phi) is 9.61. The SMILES string of the molecule is C[C@H]1CN(CCC2CCC(NC(=O)C3CCC(O)CC3)CC2)CCN1c1cc(C(F)F)nc(C(C)(C)C)n1. The maximum Gasteiger partial charge on any atom is 0.280 e. The van der Waals surface area contributed by atoms with Crippen molar-refractivity contribution in [3.8, 4) is 0 Å². The van der Waals surface area contributed by atoms with E-state index < -0.39 is 11.8 Å². The zero-order valence-electron chi connectivity index (χ0n) is 23.6. The molecule has 1 aliphatic heterocycles. The first kappa shape index (κ1) is 29.1. The monoisotopic (exact) mass is 535 g/mol. The van der Waals surface area contributed by atoms with Gasteiger partial charge in [0.2, 0.25) is 5.91 Å². The zero-order chi connectivity index (χ0) is 27.4. The standard InChI is InChI=1S/C29H47F2N5O2/c1-19-18-35(15-16-36(19)25-17-24(26(30)31)33-28(34-25)29(2,3)4)14-13-20-5-9-22(10-6-20)32-27(38)21-7-11-23(37)12-8-21/h17,19-23,26,37H,5-16,18H2,1-4H3,(H,32,38)/t19-,20?,21?,22?,23?/m0/s1. The number of aromatic nitrogens is 2. The van der Waals surface area contributed by atoms with Gasteiger partial charge in [-0.1, -0.05) is 20.8 Å². The van der Waals surface area contributed by atoms with E-state index in [2.05, 4.69) is 32.0 Å². The summed E-state index contributed by atoms with van der Waals surface area (Å²) in [6.45, 7) is 11.6. The van der Waals surface area contributed by atoms with Gasteiger partial charge in [-0.05, 0) is 77.2 Å². The molecule has 2 N–H and O–H groups in total. The van der Waals surface area contributed by atoms with E-state index in [0.717, 1.165) is 84.0 Å². The largest absolute Gasteiger partial charge is 0.393 e. The summed E-state index contributed by atoms with van der Waals surface area (Å²) in [6, 6.07) is 1.93. The predicted octanol–water partition coefficient (Wildman–Crippen LogP) is 4.84. The van der Waals surface area contributed by atoms with Gasteiger partial charge in [0.1, 0.15) is 17.3 Å². The molecule has 1 atom stereocenters. The van der Waals surface area contributed by atoms with Crippen LogP contribution in [-0.2, 0) is 10.2 Å². The number of alkyl halides is 2. The Morgan fingerprint density at radius 2 is 1.76 bits per heavy atom. The van der Waals surface area contributed by atoms with Gasteiger partial charge in [-0.15, -0.1) is 0 Å². The number of halogens is 2. The number of anilines is 1. The number of nitrogens with zero attached hydrogens (tertiary/aromatic N) is 4. The molecule has 1 amide bonds. The Morgan fingerprint density at radius 3 is 2.37 bits per heavy atom. The highest BCUT2D eigenvalue weighted by Gasteiger charge is 2.31. The van der Waals surface area contributed by atoms with E-state index in [1.807, 2.05) is 20.8 Å². The minimum Gasteiger partial charge on any atom is -0.393 e. The highest BCUT2D eigenvalue weighted by Crippen LogP contribution is 2.31. The molecule has 0 radical (unpaired) electrons. The predicted molar refractivity (Wildman–Crippen MR) is 145 cm³/mol. The summed E-state index contributed by atoms with van der Waals surface area (Å²) in [5, 5.41) is 13.0. The lowest BCUT2D eigenvalue weighted by atomic mass is 9.83. The van der Waals surface area contributed by atoms with Gasteiger partial charge in [0.05, 0.1) is 6.10 Å². The highest BCUT2D eigenvalue weighted by atomic mass is 19.3. The second kappa shape index (κ2) is 12.5. The summed E-state index contributed by atoms with van der Waals surface area (Å²) in [5.74, 6) is 2.01. The Balaban J connectivity index is 1.21. The Bertz CT molecular complexity index is 924. The molecule has 0 aromatic carbocycles. The van der Waals surface area contributed by atoms with Gasteiger partial charge in [-0.2, -0.15) is 0 Å². The van der Waals surface area contributed by atoms with Crippen molar-refractivity contribution in [3.63, 3.8) is 0 Å². The van der Waals surface area contributed by atoms with Crippen LogP contribution < -0.4 is 10.2 Å². The van der Waals surface area contributed by atoms with E-state index in [-0.39, 0.29) is 35.7 Å². The molecular weight excluding hydrogens is 488 g/mol. The van der Waals surface area contributed by atoms with Crippen molar-refractivity contribution < 1.29 is 18.7 Å². The first-order valence-corrected chi connectivity index (χ1v) is 14.6. The number of piperazine rings is 1. The van der Waals surface area contributed by atoms with Gasteiger partial charge < -0.3 is 15.3 Å². The maximum absolute atomic E-state index is 13.6. The summed E-state index contributed by atoms with van der Waals surface area (Å²) < 4.78 is 27.1. The number of aliphatic hydroxyl groups is 1. The fraction of sp³-hybridized carbons (Fsp3) is 0.828. The lowest BCUT2D eigenvalue weighted by Crippen LogP contribution is -2.52. The smallest absolute Gasteiger partial charge is 0.280 e. The van der Waals surface area contributed by atoms with Crippen molar-refractivity contribution in [1.82, 2.24) is 20.2 Å². The number of nitrogens with one attached hydrogen (secondary N) is 1. The molecule has 4 rings (SSSR count). The molecule has 2 saturated carbocycles. The quantitative estimate of drug-likeness (QED) is 0.520. The second-order valence-corrected chi connectivity index (χ2v) is 12.9. The minimum atomic E-state index is -2.61. The summed E-state index contributed by atoms with van der Waals surface area (Å²) in [4.78, 5) is 26.1. The molecule has 1 saturated heterocycles. The third-order valence-corrected chi connectivity index (χ3v) is 8.75. The molecule has 214 valence electrons. The summed E-state index contributed by atoms with van der Waals surface area (Å²) >= 11 is 0. The fourth-order valence-corrected chi connectivity index (χ4v) is 6.24. The summed E-state index contributed by atoms with van der Waals surface area (Å²) in [5.41, 5.74) is -0.592. The van der Waals surface area contributed by atoms with Gasteiger partial charge in [0.25, 0.3) is 6.43 Å². The van der Waals surface area contributed by atoms with Crippen molar-refractivity contribution in [1.29, 1.82) is 0 Å². The van der Waals surface area contributed by atoms with Crippen LogP contribution in [0.15, 0.2) is 6.07 Å². The zero-order valence-corrected chi connectivity index (χ0v) is 23.6. The number of carbonyl (C=O) groups is 1. The van der Waals surface area contributed by atoms with E-state index in [1.54, 1.807) is 0 Å². The third-order valence-electron chi connectivity index (χ3n) is 8.75. The van der Waals surface area contributed by atoms with Gasteiger partial charge in [-0.3, -0.25) is 9.69 Å². The lowest BCUT2D eigenvalue weighted by Gasteiger charge is -2.41. The van der Waals surface area contributed by atoms with Crippen LogP contribution in [0.1, 0.15) is 103 Å². The number of hydrogen-bond acceptors (Lipinski definition) is 6. The highest BCUT2D eigenvalue weighted by molar-refractivity contribution is 5.79. The topological polar surface area (TPSA) is 81.6 Å². The van der Waals surface area contributed by atoms with E-state index >= 15 is 0 Å². The summed E-state index contributed by atoms with van der Waals surface area (Å²) in [7, 11) is 0. The van der Waals surface area contributed by atoms with Crippen LogP contribution >= 0.6 is 0 Å². The first-order chi connectivity index (χ1) is 18.0. The minimum absolute atomic E-state index is 0.0705. The molecule has 0 spiro atoms. The molecule has 0 unspecified atom stereocenters. The maximum atomic E-state index is 13.6. The molecule has 1 aromatic rings. The number of amides is 1. The van der Waals surface area contributed by atoms with Crippen LogP contribution in [0, 0.1) is 11.8 Å². The second-order valence-electron chi connectivity index (χ2n) is 12.9. The van der Waals surface area contributed by atoms with Crippen LogP contribution in [0.25, 0.3) is 0 Å². The van der Waals surface area contributed by atoms with Crippen LogP contribution in [0.4, 0.5) is 14.6 Å². The molecule has 0 bridgehead atoms.